The number of methoxy groups -OCH3 is 1. The number of anilines is 2. The smallest absolute Gasteiger partial charge is 0.158 e. The van der Waals surface area contributed by atoms with Crippen molar-refractivity contribution >= 4 is 22.4 Å². The van der Waals surface area contributed by atoms with Gasteiger partial charge < -0.3 is 15.1 Å². The van der Waals surface area contributed by atoms with Gasteiger partial charge in [-0.1, -0.05) is 0 Å². The molecule has 3 N–H and O–H groups in total. The van der Waals surface area contributed by atoms with Gasteiger partial charge in [-0.15, -0.1) is 0 Å². The molecule has 0 amide bonds. The van der Waals surface area contributed by atoms with Crippen LogP contribution in [0.15, 0.2) is 6.07 Å². The van der Waals surface area contributed by atoms with E-state index in [0.29, 0.717) is 29.8 Å². The number of hydrazine groups is 1. The minimum absolute atomic E-state index is 0.336. The highest BCUT2D eigenvalue weighted by Gasteiger charge is 2.17. The highest BCUT2D eigenvalue weighted by molar-refractivity contribution is 7.85. The molecule has 0 atom stereocenters. The van der Waals surface area contributed by atoms with Gasteiger partial charge in [0, 0.05) is 48.6 Å². The van der Waals surface area contributed by atoms with Crippen LogP contribution in [0.2, 0.25) is 0 Å². The third-order valence-electron chi connectivity index (χ3n) is 2.68. The summed E-state index contributed by atoms with van der Waals surface area (Å²) in [6.07, 6.45) is 0. The Morgan fingerprint density at radius 3 is 2.83 bits per heavy atom. The van der Waals surface area contributed by atoms with Gasteiger partial charge in [-0.2, -0.15) is 0 Å². The fourth-order valence-electron chi connectivity index (χ4n) is 1.78. The molecule has 100 valence electrons. The second kappa shape index (κ2) is 6.07. The predicted octanol–water partition coefficient (Wildman–Crippen LogP) is -0.523. The predicted molar refractivity (Wildman–Crippen MR) is 70.6 cm³/mol. The number of nitrogens with two attached hydrogens (primary N) is 1. The van der Waals surface area contributed by atoms with Gasteiger partial charge in [0.2, 0.25) is 0 Å². The quantitative estimate of drug-likeness (QED) is 0.562. The lowest BCUT2D eigenvalue weighted by molar-refractivity contribution is 0.178. The van der Waals surface area contributed by atoms with E-state index in [1.165, 1.54) is 0 Å². The summed E-state index contributed by atoms with van der Waals surface area (Å²) in [7, 11) is 0.892. The summed E-state index contributed by atoms with van der Waals surface area (Å²) in [5, 5.41) is 0. The van der Waals surface area contributed by atoms with Crippen molar-refractivity contribution in [3.63, 3.8) is 0 Å². The SMILES string of the molecule is COCc1nc(NN)cc(N2CCS(=O)CC2)n1. The number of nitrogen functional groups attached to an aromatic ring is 1. The molecule has 18 heavy (non-hydrogen) atoms. The van der Waals surface area contributed by atoms with Crippen molar-refractivity contribution in [2.75, 3.05) is 42.0 Å². The number of ether oxygens (including phenoxy) is 1. The Kier molecular flexibility index (Phi) is 4.45. The Morgan fingerprint density at radius 1 is 1.50 bits per heavy atom. The van der Waals surface area contributed by atoms with Gasteiger partial charge in [-0.3, -0.25) is 4.21 Å². The second-order valence-electron chi connectivity index (χ2n) is 3.94. The average molecular weight is 271 g/mol. The maximum atomic E-state index is 11.3. The summed E-state index contributed by atoms with van der Waals surface area (Å²) >= 11 is 0. The first-order valence-corrected chi connectivity index (χ1v) is 7.15. The molecule has 1 aliphatic rings. The van der Waals surface area contributed by atoms with Gasteiger partial charge in [-0.05, 0) is 0 Å². The molecule has 1 aromatic rings. The molecule has 0 unspecified atom stereocenters. The molecule has 0 spiro atoms. The number of nitrogens with one attached hydrogen (secondary N) is 1. The van der Waals surface area contributed by atoms with Crippen LogP contribution in [0, 0.1) is 0 Å². The lowest BCUT2D eigenvalue weighted by Gasteiger charge is -2.27. The van der Waals surface area contributed by atoms with Crippen LogP contribution < -0.4 is 16.2 Å². The molecule has 7 nitrogen and oxygen atoms in total. The molecule has 0 aromatic carbocycles. The number of hydrogen-bond acceptors (Lipinski definition) is 7. The van der Waals surface area contributed by atoms with E-state index >= 15 is 0 Å². The molecule has 0 radical (unpaired) electrons. The molecular formula is C10H17N5O2S. The Bertz CT molecular complexity index is 432. The lowest BCUT2D eigenvalue weighted by atomic mass is 10.4. The third kappa shape index (κ3) is 3.15. The summed E-state index contributed by atoms with van der Waals surface area (Å²) in [6, 6.07) is 1.79. The van der Waals surface area contributed by atoms with Crippen molar-refractivity contribution < 1.29 is 8.95 Å². The molecule has 8 heteroatoms. The van der Waals surface area contributed by atoms with E-state index in [-0.39, 0.29) is 0 Å². The molecule has 1 aromatic heterocycles. The van der Waals surface area contributed by atoms with Crippen molar-refractivity contribution in [3.8, 4) is 0 Å². The molecule has 1 saturated heterocycles. The molecular weight excluding hydrogens is 254 g/mol. The zero-order valence-electron chi connectivity index (χ0n) is 10.3. The monoisotopic (exact) mass is 271 g/mol. The van der Waals surface area contributed by atoms with E-state index in [9.17, 15) is 4.21 Å². The maximum absolute atomic E-state index is 11.3. The van der Waals surface area contributed by atoms with E-state index in [4.69, 9.17) is 10.6 Å². The summed E-state index contributed by atoms with van der Waals surface area (Å²) in [4.78, 5) is 10.7. The highest BCUT2D eigenvalue weighted by Crippen LogP contribution is 2.17. The van der Waals surface area contributed by atoms with Gasteiger partial charge >= 0.3 is 0 Å². The largest absolute Gasteiger partial charge is 0.377 e. The Hall–Kier alpha value is -1.25. The van der Waals surface area contributed by atoms with Crippen LogP contribution in [0.3, 0.4) is 0 Å². The van der Waals surface area contributed by atoms with Crippen LogP contribution >= 0.6 is 0 Å². The molecule has 0 saturated carbocycles. The number of hydrogen-bond donors (Lipinski definition) is 2. The third-order valence-corrected chi connectivity index (χ3v) is 3.96. The van der Waals surface area contributed by atoms with Crippen LogP contribution in [0.5, 0.6) is 0 Å². The van der Waals surface area contributed by atoms with E-state index in [2.05, 4.69) is 20.3 Å². The number of rotatable bonds is 4. The number of nitrogens with zero attached hydrogens (tertiary/aromatic N) is 3. The second-order valence-corrected chi connectivity index (χ2v) is 5.64. The van der Waals surface area contributed by atoms with Gasteiger partial charge in [0.15, 0.2) is 5.82 Å². The van der Waals surface area contributed by atoms with Crippen molar-refractivity contribution in [1.82, 2.24) is 9.97 Å². The van der Waals surface area contributed by atoms with Gasteiger partial charge in [-0.25, -0.2) is 15.8 Å². The minimum atomic E-state index is -0.701. The Labute approximate surface area is 108 Å². The van der Waals surface area contributed by atoms with Crippen LogP contribution in [0.25, 0.3) is 0 Å². The van der Waals surface area contributed by atoms with Crippen molar-refractivity contribution in [2.45, 2.75) is 6.61 Å². The van der Waals surface area contributed by atoms with Crippen molar-refractivity contribution in [3.05, 3.63) is 11.9 Å². The first-order chi connectivity index (χ1) is 8.72. The standard InChI is InChI=1S/C10H17N5O2S/c1-17-7-9-12-8(14-11)6-10(13-9)15-2-4-18(16)5-3-15/h6H,2-5,7,11H2,1H3,(H,12,13,14). The Morgan fingerprint density at radius 2 is 2.22 bits per heavy atom. The van der Waals surface area contributed by atoms with E-state index in [0.717, 1.165) is 18.9 Å². The Balaban J connectivity index is 2.20. The fourth-order valence-corrected chi connectivity index (χ4v) is 2.83. The average Bonchev–Trinajstić information content (AvgIpc) is 2.39. The first-order valence-electron chi connectivity index (χ1n) is 5.66. The highest BCUT2D eigenvalue weighted by atomic mass is 32.2. The molecule has 0 bridgehead atoms. The summed E-state index contributed by atoms with van der Waals surface area (Å²) in [6.45, 7) is 1.81. The van der Waals surface area contributed by atoms with Crippen molar-refractivity contribution in [1.29, 1.82) is 0 Å². The summed E-state index contributed by atoms with van der Waals surface area (Å²) in [5.74, 6) is 8.66. The fraction of sp³-hybridized carbons (Fsp3) is 0.600. The summed E-state index contributed by atoms with van der Waals surface area (Å²) < 4.78 is 16.4. The molecule has 2 heterocycles. The van der Waals surface area contributed by atoms with Crippen LogP contribution in [0.4, 0.5) is 11.6 Å². The maximum Gasteiger partial charge on any atom is 0.158 e. The van der Waals surface area contributed by atoms with E-state index in [1.807, 2.05) is 0 Å². The minimum Gasteiger partial charge on any atom is -0.377 e. The van der Waals surface area contributed by atoms with E-state index < -0.39 is 10.8 Å². The van der Waals surface area contributed by atoms with Crippen LogP contribution in [-0.4, -0.2) is 45.9 Å². The first kappa shape index (κ1) is 13.2. The van der Waals surface area contributed by atoms with Gasteiger partial charge in [0.25, 0.3) is 0 Å². The topological polar surface area (TPSA) is 93.4 Å². The van der Waals surface area contributed by atoms with Crippen LogP contribution in [-0.2, 0) is 22.1 Å². The van der Waals surface area contributed by atoms with Gasteiger partial charge in [0.05, 0.1) is 0 Å². The molecule has 2 rings (SSSR count). The molecule has 1 aliphatic heterocycles. The van der Waals surface area contributed by atoms with Crippen LogP contribution in [0.1, 0.15) is 5.82 Å². The zero-order chi connectivity index (χ0) is 13.0. The van der Waals surface area contributed by atoms with Crippen molar-refractivity contribution in [2.24, 2.45) is 5.84 Å². The molecule has 1 fully saturated rings. The zero-order valence-corrected chi connectivity index (χ0v) is 11.1. The number of aromatic nitrogens is 2. The normalized spacial score (nSPS) is 16.9. The van der Waals surface area contributed by atoms with Gasteiger partial charge in [0.1, 0.15) is 18.2 Å². The molecule has 0 aliphatic carbocycles. The lowest BCUT2D eigenvalue weighted by Crippen LogP contribution is -2.38. The summed E-state index contributed by atoms with van der Waals surface area (Å²) in [5.41, 5.74) is 2.52. The van der Waals surface area contributed by atoms with E-state index in [1.54, 1.807) is 13.2 Å².